The summed E-state index contributed by atoms with van der Waals surface area (Å²) in [6, 6.07) is 6.60. The Bertz CT molecular complexity index is 815. The van der Waals surface area contributed by atoms with Crippen LogP contribution in [0.1, 0.15) is 52.8 Å². The lowest BCUT2D eigenvalue weighted by molar-refractivity contribution is -0.0872. The van der Waals surface area contributed by atoms with Gasteiger partial charge in [-0.3, -0.25) is 9.97 Å². The van der Waals surface area contributed by atoms with Gasteiger partial charge in [-0.1, -0.05) is 12.8 Å². The second-order valence-electron chi connectivity index (χ2n) is 8.39. The molecule has 2 aromatic rings. The van der Waals surface area contributed by atoms with Crippen LogP contribution in [0.2, 0.25) is 0 Å². The van der Waals surface area contributed by atoms with Crippen LogP contribution in [0.15, 0.2) is 49.1 Å². The molecule has 150 valence electrons. The fourth-order valence-corrected chi connectivity index (χ4v) is 5.83. The van der Waals surface area contributed by atoms with E-state index in [0.717, 1.165) is 6.42 Å². The van der Waals surface area contributed by atoms with Crippen molar-refractivity contribution in [1.82, 2.24) is 9.97 Å². The maximum absolute atomic E-state index is 12.7. The zero-order valence-electron chi connectivity index (χ0n) is 16.1. The molecule has 3 aliphatic carbocycles. The molecule has 0 spiro atoms. The highest BCUT2D eigenvalue weighted by Gasteiger charge is 2.61. The molecule has 0 aliphatic heterocycles. The van der Waals surface area contributed by atoms with Crippen LogP contribution >= 0.6 is 0 Å². The Labute approximate surface area is 169 Å². The largest absolute Gasteiger partial charge is 0.455 e. The first-order valence-electron chi connectivity index (χ1n) is 10.4. The van der Waals surface area contributed by atoms with Crippen molar-refractivity contribution in [2.45, 2.75) is 44.3 Å². The number of esters is 2. The first-order valence-corrected chi connectivity index (χ1v) is 10.4. The maximum Gasteiger partial charge on any atom is 0.338 e. The summed E-state index contributed by atoms with van der Waals surface area (Å²) < 4.78 is 11.9. The van der Waals surface area contributed by atoms with Gasteiger partial charge in [0.1, 0.15) is 12.2 Å². The molecule has 3 aliphatic rings. The van der Waals surface area contributed by atoms with E-state index in [-0.39, 0.29) is 36.0 Å². The van der Waals surface area contributed by atoms with Gasteiger partial charge < -0.3 is 9.47 Å². The molecule has 2 aromatic heterocycles. The third kappa shape index (κ3) is 3.30. The highest BCUT2D eigenvalue weighted by Crippen LogP contribution is 2.59. The summed E-state index contributed by atoms with van der Waals surface area (Å²) in [5, 5.41) is 0. The van der Waals surface area contributed by atoms with Gasteiger partial charge in [0.2, 0.25) is 0 Å². The number of carbonyl (C=O) groups excluding carboxylic acids is 2. The van der Waals surface area contributed by atoms with E-state index in [0.29, 0.717) is 23.0 Å². The Kier molecular flexibility index (Phi) is 4.78. The van der Waals surface area contributed by atoms with Crippen molar-refractivity contribution in [3.8, 4) is 0 Å². The van der Waals surface area contributed by atoms with Crippen LogP contribution in [-0.2, 0) is 9.47 Å². The van der Waals surface area contributed by atoms with E-state index < -0.39 is 0 Å². The second kappa shape index (κ2) is 7.58. The molecule has 0 amide bonds. The van der Waals surface area contributed by atoms with Crippen LogP contribution in [0.25, 0.3) is 0 Å². The molecule has 3 saturated carbocycles. The summed E-state index contributed by atoms with van der Waals surface area (Å²) in [7, 11) is 0. The zero-order valence-corrected chi connectivity index (χ0v) is 16.1. The van der Waals surface area contributed by atoms with Crippen molar-refractivity contribution in [2.75, 3.05) is 0 Å². The molecule has 0 saturated heterocycles. The van der Waals surface area contributed by atoms with E-state index in [1.807, 2.05) is 0 Å². The number of rotatable bonds is 4. The summed E-state index contributed by atoms with van der Waals surface area (Å²) in [5.41, 5.74) is 0.948. The number of aromatic nitrogens is 2. The van der Waals surface area contributed by atoms with E-state index in [4.69, 9.17) is 9.47 Å². The summed E-state index contributed by atoms with van der Waals surface area (Å²) >= 11 is 0. The standard InChI is InChI=1S/C23H24N2O4/c26-22(14-5-9-24-10-6-14)28-20-18-13-19(17-4-2-1-3-16(17)18)21(20)29-23(27)15-7-11-25-12-8-15/h5-12,16-21H,1-4,13H2/t16?,17?,18-,19?,20?,21?/m1/s1. The molecule has 5 unspecified atom stereocenters. The summed E-state index contributed by atoms with van der Waals surface area (Å²) in [6.07, 6.45) is 11.3. The number of fused-ring (bicyclic) bond motifs is 5. The molecule has 0 aromatic carbocycles. The predicted molar refractivity (Wildman–Crippen MR) is 104 cm³/mol. The molecule has 6 atom stereocenters. The van der Waals surface area contributed by atoms with Gasteiger partial charge >= 0.3 is 11.9 Å². The molecule has 0 N–H and O–H groups in total. The molecule has 6 heteroatoms. The lowest BCUT2D eigenvalue weighted by atomic mass is 9.69. The number of ether oxygens (including phenoxy) is 2. The first-order chi connectivity index (χ1) is 14.2. The summed E-state index contributed by atoms with van der Waals surface area (Å²) in [6.45, 7) is 0. The first kappa shape index (κ1) is 18.3. The quantitative estimate of drug-likeness (QED) is 0.739. The van der Waals surface area contributed by atoms with Crippen molar-refractivity contribution in [3.63, 3.8) is 0 Å². The third-order valence-electron chi connectivity index (χ3n) is 7.01. The Balaban J connectivity index is 1.39. The van der Waals surface area contributed by atoms with Gasteiger partial charge in [-0.05, 0) is 55.4 Å². The molecular weight excluding hydrogens is 368 g/mol. The lowest BCUT2D eigenvalue weighted by Crippen LogP contribution is -2.47. The molecule has 2 heterocycles. The van der Waals surface area contributed by atoms with E-state index in [2.05, 4.69) is 9.97 Å². The van der Waals surface area contributed by atoms with Crippen LogP contribution in [0.5, 0.6) is 0 Å². The Morgan fingerprint density at radius 2 is 1.10 bits per heavy atom. The van der Waals surface area contributed by atoms with Gasteiger partial charge in [0.25, 0.3) is 0 Å². The van der Waals surface area contributed by atoms with E-state index in [1.165, 1.54) is 25.7 Å². The molecular formula is C23H24N2O4. The van der Waals surface area contributed by atoms with Crippen molar-refractivity contribution >= 4 is 11.9 Å². The third-order valence-corrected chi connectivity index (χ3v) is 7.01. The molecule has 0 radical (unpaired) electrons. The van der Waals surface area contributed by atoms with Gasteiger partial charge in [0, 0.05) is 36.6 Å². The Morgan fingerprint density at radius 3 is 1.52 bits per heavy atom. The Morgan fingerprint density at radius 1 is 0.690 bits per heavy atom. The zero-order chi connectivity index (χ0) is 19.8. The number of carbonyl (C=O) groups is 2. The molecule has 29 heavy (non-hydrogen) atoms. The fraction of sp³-hybridized carbons (Fsp3) is 0.478. The molecule has 2 bridgehead atoms. The average molecular weight is 392 g/mol. The van der Waals surface area contributed by atoms with Crippen LogP contribution in [-0.4, -0.2) is 34.1 Å². The highest BCUT2D eigenvalue weighted by molar-refractivity contribution is 5.90. The van der Waals surface area contributed by atoms with Crippen LogP contribution < -0.4 is 0 Å². The van der Waals surface area contributed by atoms with Crippen LogP contribution in [0, 0.1) is 23.7 Å². The van der Waals surface area contributed by atoms with Crippen LogP contribution in [0.3, 0.4) is 0 Å². The number of hydrogen-bond acceptors (Lipinski definition) is 6. The van der Waals surface area contributed by atoms with Gasteiger partial charge in [0.05, 0.1) is 11.1 Å². The van der Waals surface area contributed by atoms with Crippen molar-refractivity contribution < 1.29 is 19.1 Å². The van der Waals surface area contributed by atoms with Gasteiger partial charge in [-0.2, -0.15) is 0 Å². The Hall–Kier alpha value is -2.76. The minimum Gasteiger partial charge on any atom is -0.455 e. The average Bonchev–Trinajstić information content (AvgIpc) is 3.32. The summed E-state index contributed by atoms with van der Waals surface area (Å²) in [4.78, 5) is 33.4. The topological polar surface area (TPSA) is 78.4 Å². The van der Waals surface area contributed by atoms with Gasteiger partial charge in [-0.15, -0.1) is 0 Å². The number of pyridine rings is 2. The molecule has 6 nitrogen and oxygen atoms in total. The van der Waals surface area contributed by atoms with Crippen molar-refractivity contribution in [1.29, 1.82) is 0 Å². The molecule has 3 fully saturated rings. The number of hydrogen-bond donors (Lipinski definition) is 0. The fourth-order valence-electron chi connectivity index (χ4n) is 5.83. The molecule has 5 rings (SSSR count). The normalized spacial score (nSPS) is 32.4. The minimum absolute atomic E-state index is 0.270. The van der Waals surface area contributed by atoms with Crippen LogP contribution in [0.4, 0.5) is 0 Å². The van der Waals surface area contributed by atoms with Gasteiger partial charge in [-0.25, -0.2) is 9.59 Å². The van der Waals surface area contributed by atoms with E-state index in [9.17, 15) is 9.59 Å². The highest BCUT2D eigenvalue weighted by atomic mass is 16.6. The monoisotopic (exact) mass is 392 g/mol. The van der Waals surface area contributed by atoms with E-state index >= 15 is 0 Å². The second-order valence-corrected chi connectivity index (χ2v) is 8.39. The van der Waals surface area contributed by atoms with E-state index in [1.54, 1.807) is 49.1 Å². The smallest absolute Gasteiger partial charge is 0.338 e. The van der Waals surface area contributed by atoms with Gasteiger partial charge in [0.15, 0.2) is 0 Å². The SMILES string of the molecule is O=C(OC1C2C[C@H](C3CCCCC23)C1OC(=O)c1ccncc1)c1ccncc1. The van der Waals surface area contributed by atoms with Crippen molar-refractivity contribution in [3.05, 3.63) is 60.2 Å². The summed E-state index contributed by atoms with van der Waals surface area (Å²) in [5.74, 6) is 0.932. The lowest BCUT2D eigenvalue weighted by Gasteiger charge is -2.42. The predicted octanol–water partition coefficient (Wildman–Crippen LogP) is 3.68. The maximum atomic E-state index is 12.7. The minimum atomic E-state index is -0.384. The van der Waals surface area contributed by atoms with Crippen molar-refractivity contribution in [2.24, 2.45) is 23.7 Å². The number of nitrogens with zero attached hydrogens (tertiary/aromatic N) is 2.